The summed E-state index contributed by atoms with van der Waals surface area (Å²) in [5.74, 6) is -0.428. The van der Waals surface area contributed by atoms with E-state index in [-0.39, 0.29) is 11.9 Å². The average Bonchev–Trinajstić information content (AvgIpc) is 2.79. The van der Waals surface area contributed by atoms with Crippen LogP contribution in [0.4, 0.5) is 19.0 Å². The number of fused-ring (bicyclic) bond motifs is 1. The molecule has 2 heterocycles. The largest absolute Gasteiger partial charge is 0.453 e. The second-order valence-electron chi connectivity index (χ2n) is 5.77. The first-order valence-electron chi connectivity index (χ1n) is 6.95. The number of alkyl halides is 3. The van der Waals surface area contributed by atoms with Crippen molar-refractivity contribution in [1.82, 2.24) is 19.6 Å². The Morgan fingerprint density at radius 3 is 2.64 bits per heavy atom. The zero-order chi connectivity index (χ0) is 16.1. The monoisotopic (exact) mass is 315 g/mol. The fourth-order valence-electron chi connectivity index (χ4n) is 2.69. The number of nitrogens with zero attached hydrogens (tertiary/aromatic N) is 5. The van der Waals surface area contributed by atoms with Crippen molar-refractivity contribution in [2.75, 3.05) is 18.5 Å². The normalized spacial score (nSPS) is 21.9. The molecular weight excluding hydrogens is 299 g/mol. The molecule has 0 atom stereocenters. The first-order chi connectivity index (χ1) is 10.2. The Bertz CT molecular complexity index is 693. The van der Waals surface area contributed by atoms with E-state index in [1.165, 1.54) is 0 Å². The molecule has 9 heteroatoms. The SMILES string of the molecule is Cc1cc(N(C)CC2CC(O)C2)n2nc(C(F)(F)F)nc2n1. The van der Waals surface area contributed by atoms with Gasteiger partial charge in [0.15, 0.2) is 0 Å². The molecular formula is C13H16F3N5O. The molecule has 1 aliphatic rings. The van der Waals surface area contributed by atoms with Crippen molar-refractivity contribution in [3.63, 3.8) is 0 Å². The summed E-state index contributed by atoms with van der Waals surface area (Å²) in [6.45, 7) is 2.34. The summed E-state index contributed by atoms with van der Waals surface area (Å²) in [6, 6.07) is 1.68. The molecule has 0 saturated heterocycles. The fraction of sp³-hybridized carbons (Fsp3) is 0.615. The number of rotatable bonds is 3. The quantitative estimate of drug-likeness (QED) is 0.933. The van der Waals surface area contributed by atoms with Crippen LogP contribution in [0.15, 0.2) is 6.07 Å². The standard InChI is InChI=1S/C13H16F3N5O/c1-7-3-10(20(2)6-8-4-9(22)5-8)21-12(17-7)18-11(19-21)13(14,15)16/h3,8-9,22H,4-6H2,1-2H3. The highest BCUT2D eigenvalue weighted by Gasteiger charge is 2.37. The lowest BCUT2D eigenvalue weighted by molar-refractivity contribution is -0.144. The average molecular weight is 315 g/mol. The highest BCUT2D eigenvalue weighted by molar-refractivity contribution is 5.47. The lowest BCUT2D eigenvalue weighted by atomic mass is 9.82. The van der Waals surface area contributed by atoms with E-state index in [1.807, 2.05) is 4.90 Å². The molecule has 2 aromatic rings. The Balaban J connectivity index is 1.95. The van der Waals surface area contributed by atoms with Gasteiger partial charge in [0.1, 0.15) is 5.82 Å². The summed E-state index contributed by atoms with van der Waals surface area (Å²) in [5, 5.41) is 12.9. The zero-order valence-corrected chi connectivity index (χ0v) is 12.2. The van der Waals surface area contributed by atoms with Crippen LogP contribution in [0.3, 0.4) is 0 Å². The molecule has 1 fully saturated rings. The lowest BCUT2D eigenvalue weighted by Gasteiger charge is -2.35. The summed E-state index contributed by atoms with van der Waals surface area (Å²) in [5.41, 5.74) is 0.573. The van der Waals surface area contributed by atoms with Crippen LogP contribution < -0.4 is 4.90 Å². The maximum Gasteiger partial charge on any atom is 0.453 e. The van der Waals surface area contributed by atoms with E-state index in [2.05, 4.69) is 15.1 Å². The highest BCUT2D eigenvalue weighted by atomic mass is 19.4. The van der Waals surface area contributed by atoms with E-state index in [0.29, 0.717) is 36.8 Å². The molecule has 0 spiro atoms. The Hall–Kier alpha value is -1.90. The van der Waals surface area contributed by atoms with Gasteiger partial charge in [-0.2, -0.15) is 22.7 Å². The van der Waals surface area contributed by atoms with E-state index in [9.17, 15) is 18.3 Å². The number of aryl methyl sites for hydroxylation is 1. The molecule has 2 aromatic heterocycles. The van der Waals surface area contributed by atoms with Crippen molar-refractivity contribution in [1.29, 1.82) is 0 Å². The Kier molecular flexibility index (Phi) is 3.47. The molecule has 1 N–H and O–H groups in total. The van der Waals surface area contributed by atoms with Gasteiger partial charge in [0.2, 0.25) is 0 Å². The third kappa shape index (κ3) is 2.72. The molecule has 6 nitrogen and oxygen atoms in total. The van der Waals surface area contributed by atoms with E-state index >= 15 is 0 Å². The van der Waals surface area contributed by atoms with E-state index in [4.69, 9.17) is 0 Å². The highest BCUT2D eigenvalue weighted by Crippen LogP contribution is 2.30. The smallest absolute Gasteiger partial charge is 0.393 e. The Morgan fingerprint density at radius 2 is 2.05 bits per heavy atom. The van der Waals surface area contributed by atoms with Crippen molar-refractivity contribution in [3.8, 4) is 0 Å². The molecule has 22 heavy (non-hydrogen) atoms. The zero-order valence-electron chi connectivity index (χ0n) is 12.2. The van der Waals surface area contributed by atoms with Crippen molar-refractivity contribution >= 4 is 11.6 Å². The van der Waals surface area contributed by atoms with Crippen molar-refractivity contribution in [2.24, 2.45) is 5.92 Å². The van der Waals surface area contributed by atoms with Crippen LogP contribution in [0.1, 0.15) is 24.4 Å². The van der Waals surface area contributed by atoms with Gasteiger partial charge < -0.3 is 10.0 Å². The molecule has 0 amide bonds. The summed E-state index contributed by atoms with van der Waals surface area (Å²) >= 11 is 0. The van der Waals surface area contributed by atoms with Crippen LogP contribution in [0.5, 0.6) is 0 Å². The van der Waals surface area contributed by atoms with Gasteiger partial charge in [-0.05, 0) is 25.7 Å². The second kappa shape index (κ2) is 5.08. The third-order valence-electron chi connectivity index (χ3n) is 3.81. The first kappa shape index (κ1) is 15.0. The molecule has 0 aliphatic heterocycles. The van der Waals surface area contributed by atoms with Gasteiger partial charge >= 0.3 is 6.18 Å². The maximum absolute atomic E-state index is 12.8. The summed E-state index contributed by atoms with van der Waals surface area (Å²) < 4.78 is 39.4. The van der Waals surface area contributed by atoms with Gasteiger partial charge in [0.05, 0.1) is 6.10 Å². The van der Waals surface area contributed by atoms with Gasteiger partial charge in [-0.1, -0.05) is 0 Å². The Labute approximate surface area is 124 Å². The van der Waals surface area contributed by atoms with Gasteiger partial charge in [-0.25, -0.2) is 4.98 Å². The van der Waals surface area contributed by atoms with E-state index in [0.717, 1.165) is 4.52 Å². The minimum Gasteiger partial charge on any atom is -0.393 e. The molecule has 0 bridgehead atoms. The molecule has 1 aliphatic carbocycles. The summed E-state index contributed by atoms with van der Waals surface area (Å²) in [6.07, 6.45) is -3.44. The number of halogens is 3. The molecule has 1 saturated carbocycles. The number of hydrogen-bond donors (Lipinski definition) is 1. The van der Waals surface area contributed by atoms with E-state index in [1.54, 1.807) is 20.0 Å². The van der Waals surface area contributed by atoms with Crippen LogP contribution in [-0.4, -0.2) is 44.4 Å². The van der Waals surface area contributed by atoms with Crippen LogP contribution >= 0.6 is 0 Å². The minimum absolute atomic E-state index is 0.0668. The fourth-order valence-corrected chi connectivity index (χ4v) is 2.69. The van der Waals surface area contributed by atoms with Crippen molar-refractivity contribution < 1.29 is 18.3 Å². The van der Waals surface area contributed by atoms with Gasteiger partial charge in [-0.3, -0.25) is 0 Å². The van der Waals surface area contributed by atoms with E-state index < -0.39 is 12.0 Å². The van der Waals surface area contributed by atoms with Gasteiger partial charge in [0.25, 0.3) is 11.6 Å². The molecule has 3 rings (SSSR count). The number of aliphatic hydroxyl groups excluding tert-OH is 1. The van der Waals surface area contributed by atoms with Crippen molar-refractivity contribution in [2.45, 2.75) is 32.0 Å². The number of hydrogen-bond acceptors (Lipinski definition) is 5. The Morgan fingerprint density at radius 1 is 1.36 bits per heavy atom. The van der Waals surface area contributed by atoms with Crippen LogP contribution in [0, 0.1) is 12.8 Å². The minimum atomic E-state index is -4.60. The van der Waals surface area contributed by atoms with Crippen LogP contribution in [0.25, 0.3) is 5.78 Å². The molecule has 120 valence electrons. The number of aromatic nitrogens is 4. The first-order valence-corrected chi connectivity index (χ1v) is 6.95. The number of anilines is 1. The topological polar surface area (TPSA) is 66.5 Å². The molecule has 0 unspecified atom stereocenters. The maximum atomic E-state index is 12.8. The second-order valence-corrected chi connectivity index (χ2v) is 5.77. The van der Waals surface area contributed by atoms with Crippen LogP contribution in [-0.2, 0) is 6.18 Å². The van der Waals surface area contributed by atoms with Gasteiger partial charge in [-0.15, -0.1) is 5.10 Å². The molecule has 0 aromatic carbocycles. The van der Waals surface area contributed by atoms with Crippen molar-refractivity contribution in [3.05, 3.63) is 17.6 Å². The third-order valence-corrected chi connectivity index (χ3v) is 3.81. The molecule has 0 radical (unpaired) electrons. The predicted molar refractivity (Wildman–Crippen MR) is 72.5 cm³/mol. The summed E-state index contributed by atoms with van der Waals surface area (Å²) in [7, 11) is 1.79. The van der Waals surface area contributed by atoms with Crippen LogP contribution in [0.2, 0.25) is 0 Å². The van der Waals surface area contributed by atoms with Gasteiger partial charge in [0, 0.05) is 25.4 Å². The number of aliphatic hydroxyl groups is 1. The lowest BCUT2D eigenvalue weighted by Crippen LogP contribution is -2.37. The summed E-state index contributed by atoms with van der Waals surface area (Å²) in [4.78, 5) is 9.29. The predicted octanol–water partition coefficient (Wildman–Crippen LogP) is 1.66.